The molecule has 0 aromatic heterocycles. The molecule has 0 saturated carbocycles. The number of halogens is 2. The van der Waals surface area contributed by atoms with Crippen LogP contribution in [0.15, 0.2) is 5.16 Å². The van der Waals surface area contributed by atoms with E-state index in [-0.39, 0.29) is 6.61 Å². The summed E-state index contributed by atoms with van der Waals surface area (Å²) in [7, 11) is 0. The number of carbonyl (C=O) groups excluding carboxylic acids is 1. The van der Waals surface area contributed by atoms with Crippen molar-refractivity contribution < 1.29 is 23.5 Å². The molecule has 0 unspecified atom stereocenters. The van der Waals surface area contributed by atoms with E-state index in [1.165, 1.54) is 13.8 Å². The number of oxime groups is 1. The lowest BCUT2D eigenvalue weighted by Gasteiger charge is -2.22. The van der Waals surface area contributed by atoms with Gasteiger partial charge in [-0.15, -0.1) is 0 Å². The summed E-state index contributed by atoms with van der Waals surface area (Å²) in [5.41, 5.74) is -2.50. The van der Waals surface area contributed by atoms with Crippen molar-refractivity contribution in [3.63, 3.8) is 0 Å². The molecule has 0 aliphatic rings. The topological polar surface area (TPSA) is 58.9 Å². The Morgan fingerprint density at radius 2 is 2.07 bits per heavy atom. The summed E-state index contributed by atoms with van der Waals surface area (Å²) >= 11 is 0. The van der Waals surface area contributed by atoms with Crippen LogP contribution in [0.25, 0.3) is 0 Å². The summed E-state index contributed by atoms with van der Waals surface area (Å²) in [6.45, 7) is 4.08. The Morgan fingerprint density at radius 3 is 2.36 bits per heavy atom. The number of hydrogen-bond acceptors (Lipinski definition) is 4. The molecule has 0 bridgehead atoms. The highest BCUT2D eigenvalue weighted by molar-refractivity contribution is 6.07. The van der Waals surface area contributed by atoms with Gasteiger partial charge >= 0.3 is 5.97 Å². The Morgan fingerprint density at radius 1 is 1.57 bits per heavy atom. The van der Waals surface area contributed by atoms with Gasteiger partial charge in [0.1, 0.15) is 11.1 Å². The lowest BCUT2D eigenvalue weighted by molar-refractivity contribution is -0.150. The van der Waals surface area contributed by atoms with Gasteiger partial charge in [-0.3, -0.25) is 4.79 Å². The molecule has 6 heteroatoms. The Hall–Kier alpha value is -1.20. The third-order valence-electron chi connectivity index (χ3n) is 1.74. The lowest BCUT2D eigenvalue weighted by atomic mass is 9.87. The fourth-order valence-corrected chi connectivity index (χ4v) is 0.858. The number of ether oxygens (including phenoxy) is 1. The largest absolute Gasteiger partial charge is 0.465 e. The molecule has 0 aliphatic carbocycles. The number of rotatable bonds is 4. The molecular formula is C8H13F2NO3. The van der Waals surface area contributed by atoms with Crippen molar-refractivity contribution >= 4 is 11.7 Å². The van der Waals surface area contributed by atoms with Crippen molar-refractivity contribution in [1.82, 2.24) is 0 Å². The van der Waals surface area contributed by atoms with Gasteiger partial charge in [-0.25, -0.2) is 8.78 Å². The van der Waals surface area contributed by atoms with Crippen LogP contribution in [-0.2, 0) is 9.53 Å². The Labute approximate surface area is 80.5 Å². The summed E-state index contributed by atoms with van der Waals surface area (Å²) in [5, 5.41) is 10.8. The number of esters is 1. The fraction of sp³-hybridized carbons (Fsp3) is 0.750. The molecule has 0 aromatic carbocycles. The van der Waals surface area contributed by atoms with Gasteiger partial charge in [0.15, 0.2) is 0 Å². The lowest BCUT2D eigenvalue weighted by Crippen LogP contribution is -2.39. The second kappa shape index (κ2) is 4.88. The summed E-state index contributed by atoms with van der Waals surface area (Å²) in [5.74, 6) is -0.840. The van der Waals surface area contributed by atoms with E-state index in [4.69, 9.17) is 5.21 Å². The first-order chi connectivity index (χ1) is 6.37. The molecule has 0 aliphatic heterocycles. The second-order valence-corrected chi connectivity index (χ2v) is 3.13. The summed E-state index contributed by atoms with van der Waals surface area (Å²) in [6.07, 6.45) is -2.99. The van der Waals surface area contributed by atoms with Crippen LogP contribution in [0.3, 0.4) is 0 Å². The molecule has 1 N–H and O–H groups in total. The van der Waals surface area contributed by atoms with E-state index in [1.54, 1.807) is 6.92 Å². The molecule has 0 rings (SSSR count). The van der Waals surface area contributed by atoms with Crippen molar-refractivity contribution in [3.05, 3.63) is 0 Å². The van der Waals surface area contributed by atoms with Crippen molar-refractivity contribution in [1.29, 1.82) is 0 Å². The minimum Gasteiger partial charge on any atom is -0.465 e. The number of alkyl halides is 2. The van der Waals surface area contributed by atoms with Gasteiger partial charge < -0.3 is 9.94 Å². The Balaban J connectivity index is 4.83. The van der Waals surface area contributed by atoms with Crippen molar-refractivity contribution in [2.24, 2.45) is 10.6 Å². The van der Waals surface area contributed by atoms with Gasteiger partial charge in [0.25, 0.3) is 6.43 Å². The normalized spacial score (nSPS) is 13.1. The van der Waals surface area contributed by atoms with E-state index < -0.39 is 23.5 Å². The molecule has 0 aromatic rings. The monoisotopic (exact) mass is 209 g/mol. The first-order valence-corrected chi connectivity index (χ1v) is 4.05. The van der Waals surface area contributed by atoms with E-state index in [0.29, 0.717) is 0 Å². The van der Waals surface area contributed by atoms with E-state index in [9.17, 15) is 13.6 Å². The molecule has 4 nitrogen and oxygen atoms in total. The smallest absolute Gasteiger partial charge is 0.317 e. The zero-order valence-corrected chi connectivity index (χ0v) is 8.25. The van der Waals surface area contributed by atoms with Crippen molar-refractivity contribution in [2.45, 2.75) is 27.2 Å². The van der Waals surface area contributed by atoms with E-state index in [1.807, 2.05) is 0 Å². The summed E-state index contributed by atoms with van der Waals surface area (Å²) in [6, 6.07) is 0. The standard InChI is InChI=1S/C8H13F2NO3/c1-4-14-7(12)8(2,3)5(11-13)6(9)10/h6,13H,4H2,1-3H3/b11-5+. The van der Waals surface area contributed by atoms with E-state index in [2.05, 4.69) is 9.89 Å². The zero-order valence-electron chi connectivity index (χ0n) is 8.25. The Bertz CT molecular complexity index is 239. The first-order valence-electron chi connectivity index (χ1n) is 4.05. The zero-order chi connectivity index (χ0) is 11.4. The van der Waals surface area contributed by atoms with Crippen LogP contribution >= 0.6 is 0 Å². The highest BCUT2D eigenvalue weighted by Crippen LogP contribution is 2.23. The van der Waals surface area contributed by atoms with Crippen LogP contribution in [0.2, 0.25) is 0 Å². The maximum Gasteiger partial charge on any atom is 0.317 e. The molecule has 0 saturated heterocycles. The maximum absolute atomic E-state index is 12.3. The highest BCUT2D eigenvalue weighted by atomic mass is 19.3. The molecule has 82 valence electrons. The van der Waals surface area contributed by atoms with Gasteiger partial charge in [-0.05, 0) is 20.8 Å². The fourth-order valence-electron chi connectivity index (χ4n) is 0.858. The van der Waals surface area contributed by atoms with Crippen LogP contribution in [-0.4, -0.2) is 29.9 Å². The third kappa shape index (κ3) is 2.65. The van der Waals surface area contributed by atoms with Crippen LogP contribution in [0.1, 0.15) is 20.8 Å². The molecular weight excluding hydrogens is 196 g/mol. The van der Waals surface area contributed by atoms with Crippen molar-refractivity contribution in [3.8, 4) is 0 Å². The summed E-state index contributed by atoms with van der Waals surface area (Å²) < 4.78 is 29.2. The molecule has 14 heavy (non-hydrogen) atoms. The minimum absolute atomic E-state index is 0.0875. The average molecular weight is 209 g/mol. The van der Waals surface area contributed by atoms with Crippen LogP contribution in [0, 0.1) is 5.41 Å². The molecule has 0 atom stereocenters. The van der Waals surface area contributed by atoms with Gasteiger partial charge in [0.2, 0.25) is 0 Å². The van der Waals surface area contributed by atoms with Crippen molar-refractivity contribution in [2.75, 3.05) is 6.61 Å². The first kappa shape index (κ1) is 12.8. The number of hydrogen-bond donors (Lipinski definition) is 1. The molecule has 0 radical (unpaired) electrons. The van der Waals surface area contributed by atoms with Crippen LogP contribution < -0.4 is 0 Å². The Kier molecular flexibility index (Phi) is 4.46. The second-order valence-electron chi connectivity index (χ2n) is 3.13. The SMILES string of the molecule is CCOC(=O)C(C)(C)/C(=N/O)C(F)F. The predicted molar refractivity (Wildman–Crippen MR) is 45.6 cm³/mol. The van der Waals surface area contributed by atoms with Gasteiger partial charge in [0, 0.05) is 0 Å². The van der Waals surface area contributed by atoms with E-state index >= 15 is 0 Å². The van der Waals surface area contributed by atoms with Crippen LogP contribution in [0.4, 0.5) is 8.78 Å². The third-order valence-corrected chi connectivity index (χ3v) is 1.74. The number of nitrogens with zero attached hydrogens (tertiary/aromatic N) is 1. The van der Waals surface area contributed by atoms with Crippen LogP contribution in [0.5, 0.6) is 0 Å². The highest BCUT2D eigenvalue weighted by Gasteiger charge is 2.40. The molecule has 0 amide bonds. The minimum atomic E-state index is -2.99. The summed E-state index contributed by atoms with van der Waals surface area (Å²) in [4.78, 5) is 11.2. The van der Waals surface area contributed by atoms with Gasteiger partial charge in [-0.2, -0.15) is 0 Å². The van der Waals surface area contributed by atoms with Gasteiger partial charge in [0.05, 0.1) is 6.61 Å². The van der Waals surface area contributed by atoms with E-state index in [0.717, 1.165) is 0 Å². The molecule has 0 fully saturated rings. The van der Waals surface area contributed by atoms with Gasteiger partial charge in [-0.1, -0.05) is 5.16 Å². The predicted octanol–water partition coefficient (Wildman–Crippen LogP) is 1.67. The average Bonchev–Trinajstić information content (AvgIpc) is 2.04. The maximum atomic E-state index is 12.3. The molecule has 0 heterocycles. The molecule has 0 spiro atoms. The quantitative estimate of drug-likeness (QED) is 0.331. The number of carbonyl (C=O) groups is 1.